The van der Waals surface area contributed by atoms with E-state index in [0.717, 1.165) is 42.4 Å². The molecule has 148 valence electrons. The molecule has 28 heavy (non-hydrogen) atoms. The van der Waals surface area contributed by atoms with Gasteiger partial charge in [-0.05, 0) is 36.2 Å². The van der Waals surface area contributed by atoms with Crippen molar-refractivity contribution in [3.05, 3.63) is 65.7 Å². The van der Waals surface area contributed by atoms with Crippen molar-refractivity contribution in [2.24, 2.45) is 4.99 Å². The molecular formula is C20H25IN6O. The van der Waals surface area contributed by atoms with Crippen LogP contribution in [0.2, 0.25) is 0 Å². The number of aromatic nitrogens is 3. The van der Waals surface area contributed by atoms with Crippen molar-refractivity contribution < 1.29 is 4.52 Å². The van der Waals surface area contributed by atoms with Crippen molar-refractivity contribution in [1.82, 2.24) is 25.8 Å². The van der Waals surface area contributed by atoms with Crippen molar-refractivity contribution in [2.45, 2.75) is 26.3 Å². The molecule has 0 saturated heterocycles. The molecule has 0 aliphatic heterocycles. The highest BCUT2D eigenvalue weighted by Gasteiger charge is 2.07. The van der Waals surface area contributed by atoms with Crippen molar-refractivity contribution in [2.75, 3.05) is 13.6 Å². The van der Waals surface area contributed by atoms with Gasteiger partial charge in [0.15, 0.2) is 11.8 Å². The average Bonchev–Trinajstić information content (AvgIpc) is 3.21. The summed E-state index contributed by atoms with van der Waals surface area (Å²) in [5.74, 6) is 2.05. The third-order valence-electron chi connectivity index (χ3n) is 4.08. The normalized spacial score (nSPS) is 11.0. The topological polar surface area (TPSA) is 88.2 Å². The molecule has 3 rings (SSSR count). The smallest absolute Gasteiger partial charge is 0.257 e. The molecule has 0 aliphatic rings. The summed E-state index contributed by atoms with van der Waals surface area (Å²) in [7, 11) is 1.76. The number of hydrogen-bond acceptors (Lipinski definition) is 5. The van der Waals surface area contributed by atoms with Gasteiger partial charge in [-0.1, -0.05) is 30.3 Å². The van der Waals surface area contributed by atoms with Gasteiger partial charge in [-0.15, -0.1) is 24.0 Å². The molecule has 0 radical (unpaired) electrons. The van der Waals surface area contributed by atoms with Crippen molar-refractivity contribution in [1.29, 1.82) is 0 Å². The van der Waals surface area contributed by atoms with Gasteiger partial charge < -0.3 is 15.2 Å². The summed E-state index contributed by atoms with van der Waals surface area (Å²) in [5, 5.41) is 10.5. The monoisotopic (exact) mass is 492 g/mol. The van der Waals surface area contributed by atoms with E-state index in [0.29, 0.717) is 12.4 Å². The first-order valence-electron chi connectivity index (χ1n) is 9.05. The lowest BCUT2D eigenvalue weighted by Crippen LogP contribution is -2.38. The van der Waals surface area contributed by atoms with Crippen LogP contribution in [-0.2, 0) is 19.4 Å². The Morgan fingerprint density at radius 3 is 2.57 bits per heavy atom. The molecule has 2 heterocycles. The summed E-state index contributed by atoms with van der Waals surface area (Å²) in [4.78, 5) is 12.9. The summed E-state index contributed by atoms with van der Waals surface area (Å²) < 4.78 is 5.27. The van der Waals surface area contributed by atoms with Crippen molar-refractivity contribution >= 4 is 29.9 Å². The number of guanidine groups is 1. The van der Waals surface area contributed by atoms with E-state index in [4.69, 9.17) is 4.52 Å². The van der Waals surface area contributed by atoms with Crippen LogP contribution in [0, 0.1) is 0 Å². The Bertz CT molecular complexity index is 864. The Hall–Kier alpha value is -2.49. The van der Waals surface area contributed by atoms with Gasteiger partial charge in [0.05, 0.1) is 12.2 Å². The zero-order chi connectivity index (χ0) is 18.9. The molecule has 0 amide bonds. The van der Waals surface area contributed by atoms with Gasteiger partial charge in [-0.2, -0.15) is 4.98 Å². The Morgan fingerprint density at radius 1 is 1.11 bits per heavy atom. The molecule has 7 nitrogen and oxygen atoms in total. The van der Waals surface area contributed by atoms with Gasteiger partial charge in [0.2, 0.25) is 0 Å². The lowest BCUT2D eigenvalue weighted by molar-refractivity contribution is 0.423. The largest absolute Gasteiger partial charge is 0.356 e. The number of nitrogens with zero attached hydrogens (tertiary/aromatic N) is 4. The van der Waals surface area contributed by atoms with Crippen LogP contribution in [0.25, 0.3) is 11.5 Å². The molecule has 8 heteroatoms. The summed E-state index contributed by atoms with van der Waals surface area (Å²) >= 11 is 0. The van der Waals surface area contributed by atoms with Crippen LogP contribution in [0.3, 0.4) is 0 Å². The summed E-state index contributed by atoms with van der Waals surface area (Å²) in [6.45, 7) is 3.42. The lowest BCUT2D eigenvalue weighted by atomic mass is 10.1. The maximum atomic E-state index is 5.27. The third-order valence-corrected chi connectivity index (χ3v) is 4.08. The number of nitrogens with one attached hydrogen (secondary N) is 2. The van der Waals surface area contributed by atoms with E-state index in [9.17, 15) is 0 Å². The van der Waals surface area contributed by atoms with E-state index in [1.54, 1.807) is 13.2 Å². The number of halogens is 1. The first-order chi connectivity index (χ1) is 13.3. The molecule has 0 aliphatic carbocycles. The van der Waals surface area contributed by atoms with Crippen LogP contribution in [0.15, 0.2) is 58.2 Å². The lowest BCUT2D eigenvalue weighted by Gasteiger charge is -2.11. The molecular weight excluding hydrogens is 467 g/mol. The highest BCUT2D eigenvalue weighted by Crippen LogP contribution is 2.18. The number of hydrogen-bond donors (Lipinski definition) is 2. The van der Waals surface area contributed by atoms with Gasteiger partial charge >= 0.3 is 0 Å². The molecule has 1 aromatic carbocycles. The van der Waals surface area contributed by atoms with Crippen molar-refractivity contribution in [3.63, 3.8) is 0 Å². The highest BCUT2D eigenvalue weighted by atomic mass is 127. The summed E-state index contributed by atoms with van der Waals surface area (Å²) in [5.41, 5.74) is 3.14. The zero-order valence-corrected chi connectivity index (χ0v) is 18.4. The molecule has 0 spiro atoms. The average molecular weight is 492 g/mol. The van der Waals surface area contributed by atoms with Crippen LogP contribution in [0.1, 0.15) is 24.0 Å². The molecule has 0 bridgehead atoms. The van der Waals surface area contributed by atoms with E-state index >= 15 is 0 Å². The number of benzene rings is 1. The fourth-order valence-electron chi connectivity index (χ4n) is 2.55. The summed E-state index contributed by atoms with van der Waals surface area (Å²) in [6, 6.07) is 14.0. The third kappa shape index (κ3) is 6.29. The summed E-state index contributed by atoms with van der Waals surface area (Å²) in [6.07, 6.45) is 3.44. The number of pyridine rings is 1. The Kier molecular flexibility index (Phi) is 8.86. The fraction of sp³-hybridized carbons (Fsp3) is 0.300. The minimum atomic E-state index is 0. The van der Waals surface area contributed by atoms with Crippen LogP contribution < -0.4 is 10.6 Å². The maximum Gasteiger partial charge on any atom is 0.257 e. The van der Waals surface area contributed by atoms with Crippen LogP contribution >= 0.6 is 24.0 Å². The quantitative estimate of drug-likeness (QED) is 0.299. The minimum Gasteiger partial charge on any atom is -0.356 e. The van der Waals surface area contributed by atoms with Gasteiger partial charge in [-0.3, -0.25) is 9.98 Å². The predicted octanol–water partition coefficient (Wildman–Crippen LogP) is 3.22. The van der Waals surface area contributed by atoms with Crippen LogP contribution in [-0.4, -0.2) is 34.7 Å². The van der Waals surface area contributed by atoms with Crippen LogP contribution in [0.5, 0.6) is 0 Å². The molecule has 0 saturated carbocycles. The van der Waals surface area contributed by atoms with E-state index in [1.165, 1.54) is 5.56 Å². The zero-order valence-electron chi connectivity index (χ0n) is 16.1. The molecule has 0 unspecified atom stereocenters. The second-order valence-electron chi connectivity index (χ2n) is 5.99. The van der Waals surface area contributed by atoms with Crippen LogP contribution in [0.4, 0.5) is 0 Å². The highest BCUT2D eigenvalue weighted by molar-refractivity contribution is 14.0. The van der Waals surface area contributed by atoms with Crippen molar-refractivity contribution in [3.8, 4) is 11.5 Å². The number of rotatable bonds is 7. The van der Waals surface area contributed by atoms with Gasteiger partial charge in [0.25, 0.3) is 5.89 Å². The Labute approximate surface area is 182 Å². The number of aryl methyl sites for hydroxylation is 1. The van der Waals surface area contributed by atoms with E-state index < -0.39 is 0 Å². The second-order valence-corrected chi connectivity index (χ2v) is 5.99. The first kappa shape index (κ1) is 21.8. The standard InChI is InChI=1S/C20H24N6O.HI/c1-3-18-25-19(27-26-18)16-9-7-15(8-10-16)11-13-23-20(21-2)24-14-17-6-4-5-12-22-17;/h4-10,12H,3,11,13-14H2,1-2H3,(H2,21,23,24);1H. The molecule has 0 fully saturated rings. The molecule has 2 N–H and O–H groups in total. The Morgan fingerprint density at radius 2 is 1.93 bits per heavy atom. The first-order valence-corrected chi connectivity index (χ1v) is 9.05. The van der Waals surface area contributed by atoms with Gasteiger partial charge in [0, 0.05) is 31.8 Å². The number of aliphatic imine (C=N–C) groups is 1. The van der Waals surface area contributed by atoms with E-state index in [2.05, 4.69) is 42.9 Å². The molecule has 3 aromatic rings. The minimum absolute atomic E-state index is 0. The maximum absolute atomic E-state index is 5.27. The van der Waals surface area contributed by atoms with E-state index in [1.807, 2.05) is 37.3 Å². The fourth-order valence-corrected chi connectivity index (χ4v) is 2.55. The Balaban J connectivity index is 0.00000280. The SMILES string of the molecule is CCc1noc(-c2ccc(CCNC(=NC)NCc3ccccn3)cc2)n1.I. The second kappa shape index (κ2) is 11.4. The predicted molar refractivity (Wildman–Crippen MR) is 121 cm³/mol. The van der Waals surface area contributed by atoms with Gasteiger partial charge in [0.1, 0.15) is 0 Å². The van der Waals surface area contributed by atoms with Gasteiger partial charge in [-0.25, -0.2) is 0 Å². The molecule has 2 aromatic heterocycles. The molecule has 0 atom stereocenters. The van der Waals surface area contributed by atoms with E-state index in [-0.39, 0.29) is 24.0 Å².